The van der Waals surface area contributed by atoms with E-state index in [-0.39, 0.29) is 46.7 Å². The Balaban J connectivity index is 1.09. The molecule has 8 nitrogen and oxygen atoms in total. The first-order valence-corrected chi connectivity index (χ1v) is 10.4. The second-order valence-electron chi connectivity index (χ2n) is 8.73. The molecule has 0 aromatic heterocycles. The highest BCUT2D eigenvalue weighted by molar-refractivity contribution is 6.30. The molecule has 0 radical (unpaired) electrons. The monoisotopic (exact) mass is 424 g/mol. The van der Waals surface area contributed by atoms with E-state index >= 15 is 0 Å². The highest BCUT2D eigenvalue weighted by Crippen LogP contribution is 2.60. The van der Waals surface area contributed by atoms with Crippen LogP contribution in [0.3, 0.4) is 0 Å². The minimum absolute atomic E-state index is 0.0297. The number of nitrogens with one attached hydrogen (secondary N) is 5. The molecule has 29 heavy (non-hydrogen) atoms. The van der Waals surface area contributed by atoms with Crippen LogP contribution in [0.25, 0.3) is 0 Å². The number of hydrazine groups is 1. The summed E-state index contributed by atoms with van der Waals surface area (Å²) in [6.45, 7) is 3.97. The van der Waals surface area contributed by atoms with Gasteiger partial charge in [-0.05, 0) is 38.3 Å². The summed E-state index contributed by atoms with van der Waals surface area (Å²) in [5.74, 6) is -0.461. The Morgan fingerprint density at radius 3 is 2.90 bits per heavy atom. The zero-order valence-corrected chi connectivity index (χ0v) is 17.0. The van der Waals surface area contributed by atoms with Gasteiger partial charge in [0.25, 0.3) is 5.91 Å². The number of hydrogen-bond donors (Lipinski definition) is 5. The smallest absolute Gasteiger partial charge is 0.258 e. The largest absolute Gasteiger partial charge is 0.484 e. The van der Waals surface area contributed by atoms with Crippen LogP contribution in [0.5, 0.6) is 5.75 Å². The van der Waals surface area contributed by atoms with Gasteiger partial charge in [0.15, 0.2) is 6.61 Å². The van der Waals surface area contributed by atoms with Gasteiger partial charge in [0.05, 0.1) is 17.4 Å². The molecule has 3 unspecified atom stereocenters. The minimum Gasteiger partial charge on any atom is -0.484 e. The number of rotatable bonds is 6. The molecule has 2 bridgehead atoms. The Morgan fingerprint density at radius 2 is 2.14 bits per heavy atom. The van der Waals surface area contributed by atoms with Crippen molar-refractivity contribution in [1.82, 2.24) is 31.7 Å². The lowest BCUT2D eigenvalue weighted by molar-refractivity contribution is -0.147. The number of nitrogens with zero attached hydrogens (tertiary/aromatic N) is 1. The van der Waals surface area contributed by atoms with Gasteiger partial charge in [-0.25, -0.2) is 15.2 Å². The highest BCUT2D eigenvalue weighted by atomic mass is 35.5. The van der Waals surface area contributed by atoms with E-state index in [1.165, 1.54) is 12.1 Å². The lowest BCUT2D eigenvalue weighted by atomic mass is 9.44. The quantitative estimate of drug-likeness (QED) is 0.447. The van der Waals surface area contributed by atoms with E-state index in [9.17, 15) is 9.18 Å². The van der Waals surface area contributed by atoms with E-state index in [0.29, 0.717) is 6.17 Å². The van der Waals surface area contributed by atoms with Gasteiger partial charge in [-0.15, -0.1) is 0 Å². The van der Waals surface area contributed by atoms with Crippen LogP contribution in [0.4, 0.5) is 4.39 Å². The predicted molar refractivity (Wildman–Crippen MR) is 106 cm³/mol. The number of halogens is 2. The third kappa shape index (κ3) is 3.49. The highest BCUT2D eigenvalue weighted by Gasteiger charge is 2.69. The molecule has 3 aliphatic carbocycles. The normalized spacial score (nSPS) is 38.0. The third-order valence-corrected chi connectivity index (χ3v) is 6.81. The van der Waals surface area contributed by atoms with E-state index < -0.39 is 5.82 Å². The molecule has 2 heterocycles. The van der Waals surface area contributed by atoms with Gasteiger partial charge in [0.2, 0.25) is 0 Å². The zero-order valence-electron chi connectivity index (χ0n) is 16.2. The molecule has 2 saturated heterocycles. The molecule has 2 aliphatic heterocycles. The van der Waals surface area contributed by atoms with Crippen LogP contribution >= 0.6 is 11.6 Å². The van der Waals surface area contributed by atoms with Crippen molar-refractivity contribution in [3.05, 3.63) is 29.0 Å². The van der Waals surface area contributed by atoms with E-state index in [2.05, 4.69) is 38.6 Å². The first-order valence-electron chi connectivity index (χ1n) is 10.0. The fourth-order valence-electron chi connectivity index (χ4n) is 5.26. The number of carbonyl (C=O) groups excluding carboxylic acids is 1. The van der Waals surface area contributed by atoms with Crippen molar-refractivity contribution in [2.75, 3.05) is 19.7 Å². The summed E-state index contributed by atoms with van der Waals surface area (Å²) < 4.78 is 18.8. The van der Waals surface area contributed by atoms with Gasteiger partial charge in [0.1, 0.15) is 17.7 Å². The number of benzene rings is 1. The molecule has 3 saturated carbocycles. The lowest BCUT2D eigenvalue weighted by Crippen LogP contribution is -2.86. The summed E-state index contributed by atoms with van der Waals surface area (Å²) in [6, 6.07) is 4.14. The predicted octanol–water partition coefficient (Wildman–Crippen LogP) is 0.250. The van der Waals surface area contributed by atoms with Crippen molar-refractivity contribution < 1.29 is 13.9 Å². The van der Waals surface area contributed by atoms with Crippen molar-refractivity contribution in [3.8, 4) is 5.75 Å². The minimum atomic E-state index is -0.562. The van der Waals surface area contributed by atoms with Crippen molar-refractivity contribution in [2.24, 2.45) is 0 Å². The molecule has 5 aliphatic rings. The topological polar surface area (TPSA) is 89.7 Å². The number of piperazine rings is 1. The molecule has 5 N–H and O–H groups in total. The van der Waals surface area contributed by atoms with Gasteiger partial charge in [-0.3, -0.25) is 20.3 Å². The first-order chi connectivity index (χ1) is 13.9. The van der Waals surface area contributed by atoms with Crippen LogP contribution in [0.15, 0.2) is 18.2 Å². The first kappa shape index (κ1) is 19.5. The number of amides is 1. The van der Waals surface area contributed by atoms with Gasteiger partial charge in [0, 0.05) is 30.2 Å². The molecule has 3 atom stereocenters. The van der Waals surface area contributed by atoms with Crippen LogP contribution in [-0.2, 0) is 4.79 Å². The number of hydrogen-bond acceptors (Lipinski definition) is 7. The van der Waals surface area contributed by atoms with Gasteiger partial charge in [-0.2, -0.15) is 0 Å². The Morgan fingerprint density at radius 1 is 1.34 bits per heavy atom. The Labute approximate surface area is 173 Å². The summed E-state index contributed by atoms with van der Waals surface area (Å²) in [5, 5.41) is 10.4. The number of fused-ring (bicyclic) bond motifs is 1. The van der Waals surface area contributed by atoms with Crippen molar-refractivity contribution in [1.29, 1.82) is 0 Å². The van der Waals surface area contributed by atoms with Gasteiger partial charge < -0.3 is 10.1 Å². The molecular formula is C19H26ClFN6O2. The summed E-state index contributed by atoms with van der Waals surface area (Å²) in [7, 11) is 0. The second kappa shape index (κ2) is 7.04. The number of ether oxygens (including phenoxy) is 1. The van der Waals surface area contributed by atoms with Crippen molar-refractivity contribution in [3.63, 3.8) is 0 Å². The van der Waals surface area contributed by atoms with Crippen molar-refractivity contribution in [2.45, 2.75) is 55.8 Å². The second-order valence-corrected chi connectivity index (χ2v) is 9.13. The summed E-state index contributed by atoms with van der Waals surface area (Å²) in [5.41, 5.74) is 6.59. The van der Waals surface area contributed by atoms with E-state index in [1.54, 1.807) is 6.07 Å². The fraction of sp³-hybridized carbons (Fsp3) is 0.632. The molecule has 0 spiro atoms. The van der Waals surface area contributed by atoms with Crippen LogP contribution in [0.2, 0.25) is 5.02 Å². The van der Waals surface area contributed by atoms with Crippen LogP contribution in [0, 0.1) is 5.82 Å². The van der Waals surface area contributed by atoms with Crippen molar-refractivity contribution >= 4 is 17.5 Å². The maximum atomic E-state index is 13.4. The standard InChI is InChI=1S/C19H26ClFN6O2/c1-11-25-26-17-16(22-4-5-27(11)17)24-19-8-18(9-19,10-19)23-15(28)7-29-12-2-3-13(20)14(21)6-12/h2-3,6,11,16-17,22,24-26H,4-5,7-10H2,1H3,(H,23,28). The average Bonchev–Trinajstić information content (AvgIpc) is 3.02. The van der Waals surface area contributed by atoms with Crippen LogP contribution in [-0.4, -0.2) is 60.1 Å². The molecule has 1 aromatic carbocycles. The maximum Gasteiger partial charge on any atom is 0.258 e. The Hall–Kier alpha value is -1.49. The lowest BCUT2D eigenvalue weighted by Gasteiger charge is -2.71. The summed E-state index contributed by atoms with van der Waals surface area (Å²) in [6.07, 6.45) is 3.43. The Kier molecular flexibility index (Phi) is 4.73. The van der Waals surface area contributed by atoms with E-state index in [0.717, 1.165) is 32.4 Å². The SMILES string of the molecule is CC1NNC2C(NC34CC(NC(=O)COc5ccc(Cl)c(F)c5)(C3)C4)NCCN12. The fourth-order valence-corrected chi connectivity index (χ4v) is 5.38. The van der Waals surface area contributed by atoms with E-state index in [4.69, 9.17) is 16.3 Å². The maximum absolute atomic E-state index is 13.4. The van der Waals surface area contributed by atoms with Crippen LogP contribution < -0.4 is 31.5 Å². The van der Waals surface area contributed by atoms with Gasteiger partial charge in [-0.1, -0.05) is 11.6 Å². The van der Waals surface area contributed by atoms with E-state index in [1.807, 2.05) is 0 Å². The molecule has 10 heteroatoms. The Bertz CT molecular complexity index is 806. The molecule has 5 fully saturated rings. The summed E-state index contributed by atoms with van der Waals surface area (Å²) in [4.78, 5) is 14.7. The zero-order chi connectivity index (χ0) is 20.2. The molecule has 1 amide bonds. The summed E-state index contributed by atoms with van der Waals surface area (Å²) >= 11 is 5.65. The average molecular weight is 425 g/mol. The van der Waals surface area contributed by atoms with Crippen LogP contribution in [0.1, 0.15) is 26.2 Å². The molecule has 1 aromatic rings. The van der Waals surface area contributed by atoms with Gasteiger partial charge >= 0.3 is 0 Å². The number of carbonyl (C=O) groups is 1. The molecule has 158 valence electrons. The molecular weight excluding hydrogens is 399 g/mol. The third-order valence-electron chi connectivity index (χ3n) is 6.50. The molecule has 6 rings (SSSR count).